The van der Waals surface area contributed by atoms with E-state index < -0.39 is 28.9 Å². The number of hydrogen-bond donors (Lipinski definition) is 2. The third-order valence-electron chi connectivity index (χ3n) is 1.91. The molecule has 0 fully saturated rings. The van der Waals surface area contributed by atoms with Crippen LogP contribution in [-0.2, 0) is 0 Å². The van der Waals surface area contributed by atoms with Gasteiger partial charge in [-0.05, 0) is 6.07 Å². The molecule has 0 saturated heterocycles. The van der Waals surface area contributed by atoms with Crippen LogP contribution in [0.3, 0.4) is 0 Å². The molecule has 0 aliphatic carbocycles. The Balaban J connectivity index is 3.10. The molecule has 2 nitrogen and oxygen atoms in total. The largest absolute Gasteiger partial charge is 0.389 e. The minimum Gasteiger partial charge on any atom is -0.389 e. The van der Waals surface area contributed by atoms with E-state index in [1.807, 2.05) is 0 Å². The monoisotopic (exact) mass is 300 g/mol. The van der Waals surface area contributed by atoms with Gasteiger partial charge in [-0.3, -0.25) is 0 Å². The average Bonchev–Trinajstić information content (AvgIpc) is 2.24. The topological polar surface area (TPSA) is 40.5 Å². The number of rotatable bonds is 3. The van der Waals surface area contributed by atoms with Crippen molar-refractivity contribution in [3.63, 3.8) is 0 Å². The molecule has 1 aromatic carbocycles. The Hall–Kier alpha value is -0.230. The SMILES string of the molecule is OC(CBr)C(O)c1ccc(F)c(Cl)c1F. The fourth-order valence-corrected chi connectivity index (χ4v) is 1.59. The van der Waals surface area contributed by atoms with E-state index >= 15 is 0 Å². The lowest BCUT2D eigenvalue weighted by Crippen LogP contribution is -2.20. The van der Waals surface area contributed by atoms with Crippen molar-refractivity contribution in [2.75, 3.05) is 5.33 Å². The molecule has 0 heterocycles. The Morgan fingerprint density at radius 2 is 1.93 bits per heavy atom. The van der Waals surface area contributed by atoms with Gasteiger partial charge in [0.05, 0.1) is 6.10 Å². The predicted molar refractivity (Wildman–Crippen MR) is 56.1 cm³/mol. The molecular weight excluding hydrogens is 293 g/mol. The molecule has 6 heteroatoms. The summed E-state index contributed by atoms with van der Waals surface area (Å²) in [6.07, 6.45) is -2.62. The van der Waals surface area contributed by atoms with Crippen molar-refractivity contribution in [1.82, 2.24) is 0 Å². The van der Waals surface area contributed by atoms with Gasteiger partial charge in [-0.2, -0.15) is 0 Å². The molecule has 1 aromatic rings. The molecule has 2 atom stereocenters. The zero-order chi connectivity index (χ0) is 11.6. The van der Waals surface area contributed by atoms with Gasteiger partial charge < -0.3 is 10.2 Å². The molecule has 0 spiro atoms. The quantitative estimate of drug-likeness (QED) is 0.665. The molecule has 0 radical (unpaired) electrons. The maximum Gasteiger partial charge on any atom is 0.150 e. The lowest BCUT2D eigenvalue weighted by atomic mass is 10.0. The number of aliphatic hydroxyl groups excluding tert-OH is 2. The van der Waals surface area contributed by atoms with Gasteiger partial charge in [-0.1, -0.05) is 33.6 Å². The number of hydrogen-bond acceptors (Lipinski definition) is 2. The number of aliphatic hydroxyl groups is 2. The van der Waals surface area contributed by atoms with E-state index in [-0.39, 0.29) is 10.9 Å². The minimum atomic E-state index is -1.44. The molecule has 0 bridgehead atoms. The fourth-order valence-electron chi connectivity index (χ4n) is 1.06. The molecule has 84 valence electrons. The zero-order valence-corrected chi connectivity index (χ0v) is 9.76. The first kappa shape index (κ1) is 12.8. The molecule has 2 N–H and O–H groups in total. The molecule has 1 rings (SSSR count). The fraction of sp³-hybridized carbons (Fsp3) is 0.333. The molecule has 0 saturated carbocycles. The van der Waals surface area contributed by atoms with Crippen molar-refractivity contribution >= 4 is 27.5 Å². The van der Waals surface area contributed by atoms with E-state index in [1.54, 1.807) is 0 Å². The zero-order valence-electron chi connectivity index (χ0n) is 7.42. The first-order chi connectivity index (χ1) is 6.99. The summed E-state index contributed by atoms with van der Waals surface area (Å²) in [5.41, 5.74) is -0.228. The van der Waals surface area contributed by atoms with Crippen LogP contribution in [0.1, 0.15) is 11.7 Å². The summed E-state index contributed by atoms with van der Waals surface area (Å²) < 4.78 is 26.1. The lowest BCUT2D eigenvalue weighted by molar-refractivity contribution is 0.0319. The Morgan fingerprint density at radius 1 is 1.33 bits per heavy atom. The van der Waals surface area contributed by atoms with Crippen molar-refractivity contribution < 1.29 is 19.0 Å². The molecule has 0 aliphatic heterocycles. The van der Waals surface area contributed by atoms with Gasteiger partial charge in [0.1, 0.15) is 16.9 Å². The van der Waals surface area contributed by atoms with Crippen LogP contribution >= 0.6 is 27.5 Å². The van der Waals surface area contributed by atoms with Gasteiger partial charge in [0.15, 0.2) is 5.82 Å². The van der Waals surface area contributed by atoms with Crippen molar-refractivity contribution in [2.45, 2.75) is 12.2 Å². The maximum absolute atomic E-state index is 13.4. The van der Waals surface area contributed by atoms with Crippen LogP contribution in [0.25, 0.3) is 0 Å². The van der Waals surface area contributed by atoms with E-state index in [9.17, 15) is 19.0 Å². The Bertz CT molecular complexity index is 362. The summed E-state index contributed by atoms with van der Waals surface area (Å²) >= 11 is 8.25. The molecule has 0 aliphatic rings. The first-order valence-corrected chi connectivity index (χ1v) is 5.54. The van der Waals surface area contributed by atoms with Crippen molar-refractivity contribution in [2.24, 2.45) is 0 Å². The van der Waals surface area contributed by atoms with Crippen LogP contribution in [0.4, 0.5) is 8.78 Å². The van der Waals surface area contributed by atoms with E-state index in [1.165, 1.54) is 0 Å². The third kappa shape index (κ3) is 2.66. The summed E-state index contributed by atoms with van der Waals surface area (Å²) in [6.45, 7) is 0. The van der Waals surface area contributed by atoms with E-state index in [2.05, 4.69) is 15.9 Å². The summed E-state index contributed by atoms with van der Waals surface area (Å²) in [7, 11) is 0. The van der Waals surface area contributed by atoms with E-state index in [0.29, 0.717) is 0 Å². The molecule has 15 heavy (non-hydrogen) atoms. The highest BCUT2D eigenvalue weighted by Gasteiger charge is 2.23. The van der Waals surface area contributed by atoms with Gasteiger partial charge in [-0.25, -0.2) is 8.78 Å². The van der Waals surface area contributed by atoms with Crippen molar-refractivity contribution in [3.8, 4) is 0 Å². The van der Waals surface area contributed by atoms with Crippen LogP contribution in [0.5, 0.6) is 0 Å². The van der Waals surface area contributed by atoms with Crippen LogP contribution in [0.15, 0.2) is 12.1 Å². The summed E-state index contributed by atoms with van der Waals surface area (Å²) in [5.74, 6) is -1.96. The Kier molecular flexibility index (Phi) is 4.45. The van der Waals surface area contributed by atoms with Crippen LogP contribution in [-0.4, -0.2) is 21.6 Å². The summed E-state index contributed by atoms with van der Waals surface area (Å²) in [6, 6.07) is 1.98. The van der Waals surface area contributed by atoms with Crippen LogP contribution < -0.4 is 0 Å². The highest BCUT2D eigenvalue weighted by molar-refractivity contribution is 9.09. The number of benzene rings is 1. The number of halogens is 4. The molecule has 0 amide bonds. The average molecular weight is 302 g/mol. The minimum absolute atomic E-state index is 0.0720. The molecule has 0 aromatic heterocycles. The van der Waals surface area contributed by atoms with E-state index in [0.717, 1.165) is 12.1 Å². The first-order valence-electron chi connectivity index (χ1n) is 4.04. The highest BCUT2D eigenvalue weighted by atomic mass is 79.9. The molecule has 2 unspecified atom stereocenters. The second-order valence-corrected chi connectivity index (χ2v) is 3.96. The summed E-state index contributed by atoms with van der Waals surface area (Å²) in [4.78, 5) is 0. The van der Waals surface area contributed by atoms with Gasteiger partial charge in [0.25, 0.3) is 0 Å². The van der Waals surface area contributed by atoms with Crippen LogP contribution in [0.2, 0.25) is 5.02 Å². The van der Waals surface area contributed by atoms with Crippen molar-refractivity contribution in [3.05, 3.63) is 34.4 Å². The lowest BCUT2D eigenvalue weighted by Gasteiger charge is -2.16. The summed E-state index contributed by atoms with van der Waals surface area (Å²) in [5, 5.41) is 18.1. The maximum atomic E-state index is 13.4. The standard InChI is InChI=1S/C9H8BrClF2O2/c10-3-6(14)9(15)4-1-2-5(12)7(11)8(4)13/h1-2,6,9,14-15H,3H2. The Morgan fingerprint density at radius 3 is 2.47 bits per heavy atom. The third-order valence-corrected chi connectivity index (χ3v) is 2.92. The predicted octanol–water partition coefficient (Wildman–Crippen LogP) is 2.41. The van der Waals surface area contributed by atoms with Gasteiger partial charge in [0.2, 0.25) is 0 Å². The van der Waals surface area contributed by atoms with Gasteiger partial charge in [0, 0.05) is 10.9 Å². The normalized spacial score (nSPS) is 15.1. The highest BCUT2D eigenvalue weighted by Crippen LogP contribution is 2.28. The van der Waals surface area contributed by atoms with Crippen LogP contribution in [0, 0.1) is 11.6 Å². The Labute approximate surface area is 98.6 Å². The molecular formula is C9H8BrClF2O2. The second-order valence-electron chi connectivity index (χ2n) is 2.93. The number of alkyl halides is 1. The smallest absolute Gasteiger partial charge is 0.150 e. The van der Waals surface area contributed by atoms with Gasteiger partial charge >= 0.3 is 0 Å². The van der Waals surface area contributed by atoms with E-state index in [4.69, 9.17) is 11.6 Å². The van der Waals surface area contributed by atoms with Gasteiger partial charge in [-0.15, -0.1) is 0 Å². The second kappa shape index (κ2) is 5.21. The van der Waals surface area contributed by atoms with Crippen molar-refractivity contribution in [1.29, 1.82) is 0 Å².